The van der Waals surface area contributed by atoms with Crippen molar-refractivity contribution in [2.45, 2.75) is 32.8 Å². The van der Waals surface area contributed by atoms with Crippen molar-refractivity contribution in [2.75, 3.05) is 51.6 Å². The van der Waals surface area contributed by atoms with E-state index in [2.05, 4.69) is 9.21 Å². The van der Waals surface area contributed by atoms with Gasteiger partial charge in [-0.1, -0.05) is 11.9 Å². The fraction of sp³-hybridized carbons (Fsp3) is 0.929. The highest BCUT2D eigenvalue weighted by Crippen LogP contribution is 2.19. The third kappa shape index (κ3) is 5.14. The van der Waals surface area contributed by atoms with E-state index >= 15 is 0 Å². The number of hydrogen-bond acceptors (Lipinski definition) is 5. The Labute approximate surface area is 126 Å². The summed E-state index contributed by atoms with van der Waals surface area (Å²) in [5.74, 6) is 1.27. The topological polar surface area (TPSA) is 36.0 Å². The number of nitrogens with zero attached hydrogens (tertiary/aromatic N) is 3. The van der Waals surface area contributed by atoms with Crippen LogP contribution in [0.25, 0.3) is 0 Å². The second-order valence-electron chi connectivity index (χ2n) is 6.42. The number of carbonyl (C=O) groups is 1. The highest BCUT2D eigenvalue weighted by molar-refractivity contribution is 7.97. The Kier molecular flexibility index (Phi) is 5.57. The molecule has 0 radical (unpaired) electrons. The minimum Gasteiger partial charge on any atom is -0.444 e. The van der Waals surface area contributed by atoms with Gasteiger partial charge >= 0.3 is 6.09 Å². The Morgan fingerprint density at radius 1 is 1.10 bits per heavy atom. The minimum atomic E-state index is -0.402. The van der Waals surface area contributed by atoms with Gasteiger partial charge in [-0.2, -0.15) is 0 Å². The summed E-state index contributed by atoms with van der Waals surface area (Å²) < 4.78 is 7.87. The maximum absolute atomic E-state index is 12.0. The molecule has 116 valence electrons. The first kappa shape index (κ1) is 15.9. The third-order valence-corrected chi connectivity index (χ3v) is 4.72. The van der Waals surface area contributed by atoms with Gasteiger partial charge in [0, 0.05) is 51.6 Å². The lowest BCUT2D eigenvalue weighted by atomic mass is 10.2. The molecule has 0 spiro atoms. The molecule has 0 aromatic heterocycles. The molecule has 0 N–H and O–H groups in total. The summed E-state index contributed by atoms with van der Waals surface area (Å²) in [4.78, 5) is 16.2. The molecule has 2 aliphatic heterocycles. The molecule has 0 bridgehead atoms. The maximum Gasteiger partial charge on any atom is 0.410 e. The number of hydrogen-bond donors (Lipinski definition) is 0. The van der Waals surface area contributed by atoms with Crippen molar-refractivity contribution in [2.24, 2.45) is 0 Å². The molecule has 2 rings (SSSR count). The van der Waals surface area contributed by atoms with E-state index < -0.39 is 5.60 Å². The molecule has 2 saturated heterocycles. The molecule has 6 heteroatoms. The van der Waals surface area contributed by atoms with Crippen LogP contribution in [0.15, 0.2) is 0 Å². The molecular weight excluding hydrogens is 274 g/mol. The molecule has 0 aromatic carbocycles. The van der Waals surface area contributed by atoms with Gasteiger partial charge in [0.05, 0.1) is 0 Å². The van der Waals surface area contributed by atoms with Crippen molar-refractivity contribution in [1.82, 2.24) is 14.1 Å². The van der Waals surface area contributed by atoms with E-state index in [0.717, 1.165) is 39.3 Å². The molecule has 0 unspecified atom stereocenters. The average Bonchev–Trinajstić information content (AvgIpc) is 2.88. The van der Waals surface area contributed by atoms with Crippen molar-refractivity contribution in [1.29, 1.82) is 0 Å². The predicted molar refractivity (Wildman–Crippen MR) is 82.9 cm³/mol. The molecule has 20 heavy (non-hydrogen) atoms. The Bertz CT molecular complexity index is 319. The van der Waals surface area contributed by atoms with Crippen molar-refractivity contribution < 1.29 is 9.53 Å². The van der Waals surface area contributed by atoms with E-state index in [1.54, 1.807) is 0 Å². The van der Waals surface area contributed by atoms with E-state index in [-0.39, 0.29) is 6.09 Å². The zero-order chi connectivity index (χ0) is 14.6. The monoisotopic (exact) mass is 301 g/mol. The third-order valence-electron chi connectivity index (χ3n) is 3.52. The first-order chi connectivity index (χ1) is 9.44. The molecule has 0 aromatic rings. The van der Waals surface area contributed by atoms with Crippen LogP contribution < -0.4 is 0 Å². The number of piperazine rings is 1. The first-order valence-corrected chi connectivity index (χ1v) is 8.46. The van der Waals surface area contributed by atoms with Gasteiger partial charge in [-0.3, -0.25) is 4.90 Å². The molecule has 2 fully saturated rings. The van der Waals surface area contributed by atoms with Gasteiger partial charge in [0.2, 0.25) is 0 Å². The van der Waals surface area contributed by atoms with Gasteiger partial charge in [0.15, 0.2) is 0 Å². The van der Waals surface area contributed by atoms with Crippen LogP contribution in [0.5, 0.6) is 0 Å². The highest BCUT2D eigenvalue weighted by atomic mass is 32.2. The summed E-state index contributed by atoms with van der Waals surface area (Å²) in [5.41, 5.74) is -0.402. The minimum absolute atomic E-state index is 0.174. The van der Waals surface area contributed by atoms with Crippen molar-refractivity contribution in [3.05, 3.63) is 0 Å². The summed E-state index contributed by atoms with van der Waals surface area (Å²) in [5, 5.41) is 0. The van der Waals surface area contributed by atoms with Crippen LogP contribution in [0.3, 0.4) is 0 Å². The second kappa shape index (κ2) is 7.00. The Balaban J connectivity index is 1.65. The average molecular weight is 301 g/mol. The van der Waals surface area contributed by atoms with E-state index in [1.807, 2.05) is 37.6 Å². The zero-order valence-corrected chi connectivity index (χ0v) is 13.7. The van der Waals surface area contributed by atoms with E-state index in [9.17, 15) is 4.79 Å². The smallest absolute Gasteiger partial charge is 0.410 e. The van der Waals surface area contributed by atoms with Crippen molar-refractivity contribution >= 4 is 18.0 Å². The van der Waals surface area contributed by atoms with Gasteiger partial charge in [0.1, 0.15) is 5.60 Å². The molecule has 1 amide bonds. The van der Waals surface area contributed by atoms with E-state index in [0.29, 0.717) is 0 Å². The summed E-state index contributed by atoms with van der Waals surface area (Å²) in [6, 6.07) is 0. The van der Waals surface area contributed by atoms with E-state index in [4.69, 9.17) is 4.74 Å². The van der Waals surface area contributed by atoms with Gasteiger partial charge in [-0.05, 0) is 27.2 Å². The second-order valence-corrected chi connectivity index (χ2v) is 7.61. The summed E-state index contributed by atoms with van der Waals surface area (Å²) in [6.45, 7) is 12.7. The first-order valence-electron chi connectivity index (χ1n) is 7.52. The summed E-state index contributed by atoms with van der Waals surface area (Å²) >= 11 is 1.96. The largest absolute Gasteiger partial charge is 0.444 e. The Morgan fingerprint density at radius 2 is 1.80 bits per heavy atom. The molecule has 2 heterocycles. The fourth-order valence-corrected chi connectivity index (χ4v) is 3.39. The summed E-state index contributed by atoms with van der Waals surface area (Å²) in [6.07, 6.45) is 1.14. The quantitative estimate of drug-likeness (QED) is 0.744. The number of carbonyl (C=O) groups excluding carboxylic acids is 1. The predicted octanol–water partition coefficient (Wildman–Crippen LogP) is 1.89. The lowest BCUT2D eigenvalue weighted by Gasteiger charge is -2.36. The van der Waals surface area contributed by atoms with Crippen LogP contribution in [0.1, 0.15) is 27.2 Å². The molecule has 0 atom stereocenters. The Morgan fingerprint density at radius 3 is 2.35 bits per heavy atom. The normalized spacial score (nSPS) is 22.2. The van der Waals surface area contributed by atoms with Crippen LogP contribution in [0, 0.1) is 0 Å². The highest BCUT2D eigenvalue weighted by Gasteiger charge is 2.26. The lowest BCUT2D eigenvalue weighted by Crippen LogP contribution is -2.51. The molecule has 5 nitrogen and oxygen atoms in total. The fourth-order valence-electron chi connectivity index (χ4n) is 2.41. The van der Waals surface area contributed by atoms with Crippen LogP contribution in [-0.2, 0) is 4.74 Å². The van der Waals surface area contributed by atoms with E-state index in [1.165, 1.54) is 18.7 Å². The van der Waals surface area contributed by atoms with Crippen LogP contribution >= 0.6 is 11.9 Å². The van der Waals surface area contributed by atoms with Gasteiger partial charge < -0.3 is 9.64 Å². The van der Waals surface area contributed by atoms with Gasteiger partial charge in [0.25, 0.3) is 0 Å². The number of amides is 1. The van der Waals surface area contributed by atoms with Crippen LogP contribution in [-0.4, -0.2) is 77.4 Å². The SMILES string of the molecule is CC(C)(C)OC(=O)N1CCN(CCN2CCCS2)CC1. The molecule has 2 aliphatic rings. The van der Waals surface area contributed by atoms with Gasteiger partial charge in [-0.25, -0.2) is 9.10 Å². The molecule has 0 saturated carbocycles. The van der Waals surface area contributed by atoms with Crippen molar-refractivity contribution in [3.63, 3.8) is 0 Å². The number of rotatable bonds is 3. The lowest BCUT2D eigenvalue weighted by molar-refractivity contribution is 0.0144. The van der Waals surface area contributed by atoms with Crippen LogP contribution in [0.2, 0.25) is 0 Å². The summed E-state index contributed by atoms with van der Waals surface area (Å²) in [7, 11) is 0. The van der Waals surface area contributed by atoms with Crippen LogP contribution in [0.4, 0.5) is 4.79 Å². The maximum atomic E-state index is 12.0. The van der Waals surface area contributed by atoms with Crippen molar-refractivity contribution in [3.8, 4) is 0 Å². The molecular formula is C14H27N3O2S. The standard InChI is InChI=1S/C14H27N3O2S/c1-14(2,3)19-13(18)16-9-6-15(7-10-16)8-11-17-5-4-12-20-17/h4-12H2,1-3H3. The Hall–Kier alpha value is -0.460. The molecule has 0 aliphatic carbocycles. The number of ether oxygens (including phenoxy) is 1. The van der Waals surface area contributed by atoms with Gasteiger partial charge in [-0.15, -0.1) is 0 Å². The zero-order valence-electron chi connectivity index (χ0n) is 12.9.